The fourth-order valence-corrected chi connectivity index (χ4v) is 4.18. The van der Waals surface area contributed by atoms with Gasteiger partial charge in [0.2, 0.25) is 5.91 Å². The van der Waals surface area contributed by atoms with Crippen LogP contribution >= 0.6 is 12.2 Å². The van der Waals surface area contributed by atoms with Crippen molar-refractivity contribution in [2.75, 3.05) is 6.54 Å². The van der Waals surface area contributed by atoms with Crippen molar-refractivity contribution in [1.29, 1.82) is 0 Å². The molecule has 22 heavy (non-hydrogen) atoms. The minimum Gasteiger partial charge on any atom is -0.343 e. The lowest BCUT2D eigenvalue weighted by atomic mass is 9.83. The van der Waals surface area contributed by atoms with Gasteiger partial charge in [0.1, 0.15) is 5.82 Å². The molecule has 2 heterocycles. The van der Waals surface area contributed by atoms with Crippen molar-refractivity contribution in [3.8, 4) is 0 Å². The van der Waals surface area contributed by atoms with E-state index in [1.807, 2.05) is 6.92 Å². The Morgan fingerprint density at radius 2 is 1.95 bits per heavy atom. The molecule has 0 spiro atoms. The number of amides is 1. The summed E-state index contributed by atoms with van der Waals surface area (Å²) in [7, 11) is 0. The summed E-state index contributed by atoms with van der Waals surface area (Å²) in [4.78, 5) is 16.6. The predicted octanol–water partition coefficient (Wildman–Crippen LogP) is 3.65. The molecule has 1 aromatic rings. The molecule has 0 aliphatic carbocycles. The third-order valence-electron chi connectivity index (χ3n) is 4.98. The van der Waals surface area contributed by atoms with E-state index in [2.05, 4.69) is 11.8 Å². The smallest absolute Gasteiger partial charge is 0.231 e. The first-order valence-corrected chi connectivity index (χ1v) is 8.22. The molecular weight excluding hydrogens is 299 g/mol. The first-order chi connectivity index (χ1) is 10.4. The molecule has 3 nitrogen and oxygen atoms in total. The molecule has 3 rings (SSSR count). The van der Waals surface area contributed by atoms with Crippen LogP contribution in [0.15, 0.2) is 24.3 Å². The minimum absolute atomic E-state index is 0.0717. The van der Waals surface area contributed by atoms with E-state index in [4.69, 9.17) is 12.2 Å². The van der Waals surface area contributed by atoms with Gasteiger partial charge >= 0.3 is 0 Å². The number of halogens is 1. The van der Waals surface area contributed by atoms with Crippen molar-refractivity contribution < 1.29 is 9.18 Å². The van der Waals surface area contributed by atoms with E-state index in [0.29, 0.717) is 11.5 Å². The van der Waals surface area contributed by atoms with Crippen LogP contribution in [0.25, 0.3) is 0 Å². The molecule has 2 unspecified atom stereocenters. The Morgan fingerprint density at radius 1 is 1.27 bits per heavy atom. The Kier molecular flexibility index (Phi) is 3.93. The van der Waals surface area contributed by atoms with Gasteiger partial charge in [-0.05, 0) is 63.0 Å². The van der Waals surface area contributed by atoms with Crippen molar-refractivity contribution in [3.63, 3.8) is 0 Å². The maximum Gasteiger partial charge on any atom is 0.231 e. The summed E-state index contributed by atoms with van der Waals surface area (Å²) in [6.07, 6.45) is 3.77. The number of rotatable bonds is 2. The molecule has 0 N–H and O–H groups in total. The summed E-state index contributed by atoms with van der Waals surface area (Å²) in [5, 5.41) is 0.621. The zero-order valence-electron chi connectivity index (χ0n) is 13.0. The number of piperidine rings is 1. The van der Waals surface area contributed by atoms with Crippen LogP contribution in [-0.4, -0.2) is 32.9 Å². The topological polar surface area (TPSA) is 23.6 Å². The summed E-state index contributed by atoms with van der Waals surface area (Å²) in [6, 6.07) is 6.12. The third-order valence-corrected chi connectivity index (χ3v) is 5.39. The highest BCUT2D eigenvalue weighted by atomic mass is 32.1. The van der Waals surface area contributed by atoms with Gasteiger partial charge in [0.15, 0.2) is 5.11 Å². The number of carbonyl (C=O) groups excluding carboxylic acids is 1. The van der Waals surface area contributed by atoms with Gasteiger partial charge in [0, 0.05) is 12.1 Å². The summed E-state index contributed by atoms with van der Waals surface area (Å²) in [5.74, 6) is -0.199. The van der Waals surface area contributed by atoms with Crippen LogP contribution in [-0.2, 0) is 4.79 Å². The molecule has 0 bridgehead atoms. The fourth-order valence-electron chi connectivity index (χ4n) is 3.61. The molecule has 2 saturated heterocycles. The highest BCUT2D eigenvalue weighted by molar-refractivity contribution is 7.80. The van der Waals surface area contributed by atoms with Crippen molar-refractivity contribution in [3.05, 3.63) is 35.6 Å². The summed E-state index contributed by atoms with van der Waals surface area (Å²) in [5.41, 5.74) is 0.767. The minimum atomic E-state index is -0.271. The largest absolute Gasteiger partial charge is 0.343 e. The Hall–Kier alpha value is -1.49. The van der Waals surface area contributed by atoms with Gasteiger partial charge in [0.25, 0.3) is 0 Å². The number of hydrogen-bond donors (Lipinski definition) is 0. The van der Waals surface area contributed by atoms with Gasteiger partial charge in [-0.15, -0.1) is 0 Å². The molecule has 0 aromatic heterocycles. The Morgan fingerprint density at radius 3 is 2.64 bits per heavy atom. The highest BCUT2D eigenvalue weighted by Crippen LogP contribution is 2.38. The molecule has 2 atom stereocenters. The molecule has 2 aliphatic rings. The van der Waals surface area contributed by atoms with Crippen molar-refractivity contribution in [1.82, 2.24) is 9.80 Å². The quantitative estimate of drug-likeness (QED) is 0.777. The van der Waals surface area contributed by atoms with E-state index in [-0.39, 0.29) is 23.3 Å². The molecule has 118 valence electrons. The lowest BCUT2D eigenvalue weighted by molar-refractivity contribution is -0.135. The number of benzene rings is 1. The highest BCUT2D eigenvalue weighted by Gasteiger charge is 2.46. The van der Waals surface area contributed by atoms with Crippen LogP contribution in [0.1, 0.15) is 51.1 Å². The average molecular weight is 320 g/mol. The van der Waals surface area contributed by atoms with Gasteiger partial charge in [-0.2, -0.15) is 0 Å². The van der Waals surface area contributed by atoms with Gasteiger partial charge in [-0.25, -0.2) is 4.39 Å². The Balaban J connectivity index is 1.88. The maximum atomic E-state index is 13.1. The lowest BCUT2D eigenvalue weighted by Gasteiger charge is -2.53. The zero-order valence-corrected chi connectivity index (χ0v) is 13.8. The van der Waals surface area contributed by atoms with E-state index in [1.54, 1.807) is 17.0 Å². The number of thiocarbonyl (C=S) groups is 1. The normalized spacial score (nSPS) is 26.9. The molecule has 0 radical (unpaired) electrons. The number of fused-ring (bicyclic) bond motifs is 1. The van der Waals surface area contributed by atoms with Gasteiger partial charge in [-0.3, -0.25) is 9.69 Å². The number of carbonyl (C=O) groups is 1. The molecule has 1 aromatic carbocycles. The molecule has 2 fully saturated rings. The number of nitrogens with zero attached hydrogens (tertiary/aromatic N) is 2. The van der Waals surface area contributed by atoms with Crippen molar-refractivity contribution >= 4 is 23.2 Å². The monoisotopic (exact) mass is 320 g/mol. The molecule has 5 heteroatoms. The van der Waals surface area contributed by atoms with E-state index in [1.165, 1.54) is 12.1 Å². The summed E-state index contributed by atoms with van der Waals surface area (Å²) >= 11 is 5.63. The second-order valence-electron chi connectivity index (χ2n) is 6.56. The van der Waals surface area contributed by atoms with E-state index < -0.39 is 0 Å². The SMILES string of the molecule is CC(c1ccc(F)cc1)N1C(=O)CC2(C)CCCCN2C1=S. The van der Waals surface area contributed by atoms with Crippen LogP contribution in [0, 0.1) is 5.82 Å². The van der Waals surface area contributed by atoms with Crippen LogP contribution in [0.3, 0.4) is 0 Å². The maximum absolute atomic E-state index is 13.1. The molecule has 0 saturated carbocycles. The molecule has 2 aliphatic heterocycles. The van der Waals surface area contributed by atoms with Crippen molar-refractivity contribution in [2.24, 2.45) is 0 Å². The standard InChI is InChI=1S/C17H21FN2OS/c1-12(13-5-7-14(18)8-6-13)20-15(21)11-17(2)9-3-4-10-19(17)16(20)22/h5-8,12H,3-4,9-11H2,1-2H3. The van der Waals surface area contributed by atoms with Crippen LogP contribution in [0.4, 0.5) is 4.39 Å². The molecule has 1 amide bonds. The lowest BCUT2D eigenvalue weighted by Crippen LogP contribution is -2.64. The first kappa shape index (κ1) is 15.4. The predicted molar refractivity (Wildman–Crippen MR) is 87.8 cm³/mol. The third kappa shape index (κ3) is 2.51. The second-order valence-corrected chi connectivity index (χ2v) is 6.92. The second kappa shape index (κ2) is 5.61. The van der Waals surface area contributed by atoms with Gasteiger partial charge in [-0.1, -0.05) is 12.1 Å². The van der Waals surface area contributed by atoms with Crippen LogP contribution < -0.4 is 0 Å². The van der Waals surface area contributed by atoms with Gasteiger partial charge < -0.3 is 4.90 Å². The van der Waals surface area contributed by atoms with Crippen LogP contribution in [0.2, 0.25) is 0 Å². The average Bonchev–Trinajstić information content (AvgIpc) is 2.47. The Bertz CT molecular complexity index is 603. The zero-order chi connectivity index (χ0) is 15.9. The summed E-state index contributed by atoms with van der Waals surface area (Å²) < 4.78 is 13.1. The van der Waals surface area contributed by atoms with Gasteiger partial charge in [0.05, 0.1) is 12.5 Å². The molecular formula is C17H21FN2OS. The van der Waals surface area contributed by atoms with Crippen LogP contribution in [0.5, 0.6) is 0 Å². The van der Waals surface area contributed by atoms with E-state index in [0.717, 1.165) is 31.4 Å². The van der Waals surface area contributed by atoms with E-state index >= 15 is 0 Å². The fraction of sp³-hybridized carbons (Fsp3) is 0.529. The van der Waals surface area contributed by atoms with Crippen molar-refractivity contribution in [2.45, 2.75) is 51.1 Å². The first-order valence-electron chi connectivity index (χ1n) is 7.81. The number of hydrogen-bond acceptors (Lipinski definition) is 2. The summed E-state index contributed by atoms with van der Waals surface area (Å²) in [6.45, 7) is 5.00. The Labute approximate surface area is 136 Å². The van der Waals surface area contributed by atoms with E-state index in [9.17, 15) is 9.18 Å².